The summed E-state index contributed by atoms with van der Waals surface area (Å²) < 4.78 is 5.52. The first-order chi connectivity index (χ1) is 16.2. The topological polar surface area (TPSA) is 71.1 Å². The number of nitrogens with one attached hydrogen (secondary N) is 1. The Morgan fingerprint density at radius 2 is 1.91 bits per heavy atom. The highest BCUT2D eigenvalue weighted by Gasteiger charge is 2.30. The number of fused-ring (bicyclic) bond motifs is 1. The maximum absolute atomic E-state index is 13.2. The highest BCUT2D eigenvalue weighted by Crippen LogP contribution is 2.29. The number of rotatable bonds is 6. The molecule has 1 fully saturated rings. The maximum atomic E-state index is 13.2. The Bertz CT molecular complexity index is 1090. The number of aromatic nitrogens is 3. The largest absolute Gasteiger partial charge is 0.494 e. The Morgan fingerprint density at radius 1 is 1.09 bits per heavy atom. The standard InChI is InChI=1S/C27H32N4O2/c1-2-33-22-12-9-19(10-13-22)16-20-11-14-24(28-17-20)21-6-5-15-31(18-21)27(32)26-23-7-3-4-8-25(23)29-30-26/h9-14,17,21H,2-8,15-16,18H2,1H3,(H,29,30). The minimum absolute atomic E-state index is 0.0752. The molecule has 2 aliphatic rings. The summed E-state index contributed by atoms with van der Waals surface area (Å²) in [5.41, 5.74) is 6.45. The second-order valence-corrected chi connectivity index (χ2v) is 9.17. The molecule has 2 aromatic heterocycles. The number of piperidine rings is 1. The predicted octanol–water partition coefficient (Wildman–Crippen LogP) is 4.69. The summed E-state index contributed by atoms with van der Waals surface area (Å²) in [4.78, 5) is 20.0. The number of aromatic amines is 1. The minimum atomic E-state index is 0.0752. The van der Waals surface area contributed by atoms with E-state index < -0.39 is 0 Å². The van der Waals surface area contributed by atoms with Crippen LogP contribution in [0.25, 0.3) is 0 Å². The summed E-state index contributed by atoms with van der Waals surface area (Å²) in [5.74, 6) is 1.25. The molecule has 1 aliphatic carbocycles. The van der Waals surface area contributed by atoms with Crippen molar-refractivity contribution < 1.29 is 9.53 Å². The SMILES string of the molecule is CCOc1ccc(Cc2ccc(C3CCCN(C(=O)c4n[nH]c5c4CCCC5)C3)nc2)cc1. The van der Waals surface area contributed by atoms with Crippen LogP contribution in [0.4, 0.5) is 0 Å². The molecule has 0 saturated carbocycles. The summed E-state index contributed by atoms with van der Waals surface area (Å²) in [6, 6.07) is 12.6. The fraction of sp³-hybridized carbons (Fsp3) is 0.444. The summed E-state index contributed by atoms with van der Waals surface area (Å²) >= 11 is 0. The smallest absolute Gasteiger partial charge is 0.274 e. The Hall–Kier alpha value is -3.15. The normalized spacial score (nSPS) is 18.1. The van der Waals surface area contributed by atoms with Crippen LogP contribution in [0, 0.1) is 0 Å². The Morgan fingerprint density at radius 3 is 2.70 bits per heavy atom. The number of hydrogen-bond donors (Lipinski definition) is 1. The molecule has 6 heteroatoms. The van der Waals surface area contributed by atoms with E-state index in [2.05, 4.69) is 34.5 Å². The van der Waals surface area contributed by atoms with Crippen molar-refractivity contribution in [3.05, 3.63) is 76.4 Å². The number of carbonyl (C=O) groups is 1. The van der Waals surface area contributed by atoms with Gasteiger partial charge in [0.15, 0.2) is 5.69 Å². The van der Waals surface area contributed by atoms with Crippen LogP contribution < -0.4 is 4.74 Å². The van der Waals surface area contributed by atoms with Crippen molar-refractivity contribution in [1.29, 1.82) is 0 Å². The van der Waals surface area contributed by atoms with Crippen LogP contribution in [0.5, 0.6) is 5.75 Å². The molecular formula is C27H32N4O2. The van der Waals surface area contributed by atoms with Gasteiger partial charge in [0.25, 0.3) is 5.91 Å². The lowest BCUT2D eigenvalue weighted by Crippen LogP contribution is -2.40. The predicted molar refractivity (Wildman–Crippen MR) is 128 cm³/mol. The van der Waals surface area contributed by atoms with Gasteiger partial charge in [0.2, 0.25) is 0 Å². The highest BCUT2D eigenvalue weighted by atomic mass is 16.5. The Kier molecular flexibility index (Phi) is 6.42. The van der Waals surface area contributed by atoms with Crippen LogP contribution in [0.15, 0.2) is 42.6 Å². The lowest BCUT2D eigenvalue weighted by molar-refractivity contribution is 0.0698. The second kappa shape index (κ2) is 9.77. The Balaban J connectivity index is 1.23. The first kappa shape index (κ1) is 21.7. The zero-order valence-electron chi connectivity index (χ0n) is 19.3. The molecule has 1 aromatic carbocycles. The van der Waals surface area contributed by atoms with E-state index in [4.69, 9.17) is 9.72 Å². The van der Waals surface area contributed by atoms with E-state index in [0.29, 0.717) is 18.8 Å². The third kappa shape index (κ3) is 4.80. The minimum Gasteiger partial charge on any atom is -0.494 e. The van der Waals surface area contributed by atoms with Gasteiger partial charge in [0, 0.05) is 42.2 Å². The number of amides is 1. The molecule has 3 aromatic rings. The molecule has 6 nitrogen and oxygen atoms in total. The first-order valence-electron chi connectivity index (χ1n) is 12.2. The van der Waals surface area contributed by atoms with Gasteiger partial charge >= 0.3 is 0 Å². The Labute approximate surface area is 195 Å². The number of ether oxygens (including phenoxy) is 1. The van der Waals surface area contributed by atoms with Gasteiger partial charge < -0.3 is 9.64 Å². The number of aryl methyl sites for hydroxylation is 1. The van der Waals surface area contributed by atoms with Crippen molar-refractivity contribution in [3.63, 3.8) is 0 Å². The molecule has 1 amide bonds. The van der Waals surface area contributed by atoms with Gasteiger partial charge in [-0.15, -0.1) is 0 Å². The zero-order valence-corrected chi connectivity index (χ0v) is 19.3. The van der Waals surface area contributed by atoms with Gasteiger partial charge in [-0.25, -0.2) is 0 Å². The number of nitrogens with zero attached hydrogens (tertiary/aromatic N) is 3. The average molecular weight is 445 g/mol. The van der Waals surface area contributed by atoms with Crippen LogP contribution in [0.2, 0.25) is 0 Å². The van der Waals surface area contributed by atoms with Crippen LogP contribution in [0.3, 0.4) is 0 Å². The first-order valence-corrected chi connectivity index (χ1v) is 12.2. The molecule has 3 heterocycles. The average Bonchev–Trinajstić information content (AvgIpc) is 3.30. The molecule has 5 rings (SSSR count). The summed E-state index contributed by atoms with van der Waals surface area (Å²) in [7, 11) is 0. The van der Waals surface area contributed by atoms with Crippen molar-refractivity contribution in [2.24, 2.45) is 0 Å². The van der Waals surface area contributed by atoms with Crippen molar-refractivity contribution in [1.82, 2.24) is 20.1 Å². The fourth-order valence-electron chi connectivity index (χ4n) is 5.10. The fourth-order valence-corrected chi connectivity index (χ4v) is 5.10. The van der Waals surface area contributed by atoms with Crippen molar-refractivity contribution in [2.75, 3.05) is 19.7 Å². The van der Waals surface area contributed by atoms with E-state index in [1.165, 1.54) is 17.5 Å². The van der Waals surface area contributed by atoms with Crippen LogP contribution in [-0.4, -0.2) is 45.7 Å². The molecular weight excluding hydrogens is 412 g/mol. The van der Waals surface area contributed by atoms with E-state index in [1.807, 2.05) is 30.2 Å². The number of carbonyl (C=O) groups excluding carboxylic acids is 1. The van der Waals surface area contributed by atoms with Gasteiger partial charge in [0.05, 0.1) is 6.61 Å². The molecule has 1 N–H and O–H groups in total. The van der Waals surface area contributed by atoms with E-state index >= 15 is 0 Å². The molecule has 1 unspecified atom stereocenters. The molecule has 0 spiro atoms. The summed E-state index contributed by atoms with van der Waals surface area (Å²) in [6.07, 6.45) is 9.17. The lowest BCUT2D eigenvalue weighted by Gasteiger charge is -2.32. The van der Waals surface area contributed by atoms with Gasteiger partial charge in [-0.3, -0.25) is 14.9 Å². The van der Waals surface area contributed by atoms with Crippen LogP contribution >= 0.6 is 0 Å². The number of H-pyrrole nitrogens is 1. The van der Waals surface area contributed by atoms with Crippen molar-refractivity contribution in [2.45, 2.75) is 57.8 Å². The zero-order chi connectivity index (χ0) is 22.6. The number of hydrogen-bond acceptors (Lipinski definition) is 4. The van der Waals surface area contributed by atoms with Gasteiger partial charge in [0.1, 0.15) is 5.75 Å². The summed E-state index contributed by atoms with van der Waals surface area (Å²) in [6.45, 7) is 4.18. The van der Waals surface area contributed by atoms with E-state index in [1.54, 1.807) is 0 Å². The van der Waals surface area contributed by atoms with Gasteiger partial charge in [-0.05, 0) is 81.2 Å². The van der Waals surface area contributed by atoms with Crippen molar-refractivity contribution in [3.8, 4) is 5.75 Å². The lowest BCUT2D eigenvalue weighted by atomic mass is 9.92. The maximum Gasteiger partial charge on any atom is 0.274 e. The monoisotopic (exact) mass is 444 g/mol. The van der Waals surface area contributed by atoms with E-state index in [0.717, 1.165) is 67.8 Å². The molecule has 1 aliphatic heterocycles. The van der Waals surface area contributed by atoms with Crippen LogP contribution in [-0.2, 0) is 19.3 Å². The van der Waals surface area contributed by atoms with Crippen molar-refractivity contribution >= 4 is 5.91 Å². The molecule has 1 atom stereocenters. The van der Waals surface area contributed by atoms with Gasteiger partial charge in [-0.2, -0.15) is 5.10 Å². The number of pyridine rings is 1. The molecule has 33 heavy (non-hydrogen) atoms. The summed E-state index contributed by atoms with van der Waals surface area (Å²) in [5, 5.41) is 7.51. The molecule has 0 radical (unpaired) electrons. The molecule has 1 saturated heterocycles. The number of benzene rings is 1. The molecule has 0 bridgehead atoms. The van der Waals surface area contributed by atoms with E-state index in [-0.39, 0.29) is 11.8 Å². The third-order valence-corrected chi connectivity index (χ3v) is 6.88. The number of likely N-dealkylation sites (tertiary alicyclic amines) is 1. The van der Waals surface area contributed by atoms with Gasteiger partial charge in [-0.1, -0.05) is 18.2 Å². The second-order valence-electron chi connectivity index (χ2n) is 9.17. The van der Waals surface area contributed by atoms with E-state index in [9.17, 15) is 4.79 Å². The highest BCUT2D eigenvalue weighted by molar-refractivity contribution is 5.94. The third-order valence-electron chi connectivity index (χ3n) is 6.88. The van der Waals surface area contributed by atoms with Crippen LogP contribution in [0.1, 0.15) is 77.1 Å². The quantitative estimate of drug-likeness (QED) is 0.599. The molecule has 172 valence electrons.